The van der Waals surface area contributed by atoms with Gasteiger partial charge in [0.2, 0.25) is 0 Å². The van der Waals surface area contributed by atoms with Crippen molar-refractivity contribution in [1.29, 1.82) is 0 Å². The van der Waals surface area contributed by atoms with Crippen molar-refractivity contribution in [2.24, 2.45) is 17.4 Å². The molecule has 102 valence electrons. The molecule has 5 nitrogen and oxygen atoms in total. The highest BCUT2D eigenvalue weighted by Crippen LogP contribution is 2.33. The number of H-pyrrole nitrogens is 1. The van der Waals surface area contributed by atoms with E-state index >= 15 is 0 Å². The number of nitrogens with one attached hydrogen (secondary N) is 1. The van der Waals surface area contributed by atoms with Gasteiger partial charge in [-0.2, -0.15) is 0 Å². The Balaban J connectivity index is 1.84. The molecule has 1 aromatic heterocycles. The quantitative estimate of drug-likeness (QED) is 0.765. The smallest absolute Gasteiger partial charge is 0.408 e. The molecule has 1 aliphatic rings. The van der Waals surface area contributed by atoms with Gasteiger partial charge in [0.15, 0.2) is 5.58 Å². The highest BCUT2D eigenvalue weighted by atomic mass is 16.4. The van der Waals surface area contributed by atoms with Crippen LogP contribution in [-0.4, -0.2) is 11.0 Å². The lowest BCUT2D eigenvalue weighted by Gasteiger charge is -2.30. The molecule has 1 fully saturated rings. The molecule has 0 spiro atoms. The molecule has 0 amide bonds. The minimum atomic E-state index is -0.427. The second-order valence-corrected chi connectivity index (χ2v) is 5.47. The van der Waals surface area contributed by atoms with E-state index in [-0.39, 0.29) is 6.04 Å². The fourth-order valence-electron chi connectivity index (χ4n) is 2.95. The molecule has 3 rings (SSSR count). The molecule has 0 bridgehead atoms. The lowest BCUT2D eigenvalue weighted by molar-refractivity contribution is 0.285. The maximum absolute atomic E-state index is 11.1. The monoisotopic (exact) mass is 261 g/mol. The first-order valence-corrected chi connectivity index (χ1v) is 6.77. The summed E-state index contributed by atoms with van der Waals surface area (Å²) in [5.74, 6) is 0.0419. The van der Waals surface area contributed by atoms with Crippen molar-refractivity contribution in [1.82, 2.24) is 4.98 Å². The number of aromatic amines is 1. The van der Waals surface area contributed by atoms with E-state index in [9.17, 15) is 4.79 Å². The summed E-state index contributed by atoms with van der Waals surface area (Å²) < 4.78 is 4.99. The van der Waals surface area contributed by atoms with Crippen molar-refractivity contribution in [3.63, 3.8) is 0 Å². The molecule has 1 atom stereocenters. The van der Waals surface area contributed by atoms with E-state index in [1.807, 2.05) is 12.1 Å². The van der Waals surface area contributed by atoms with Gasteiger partial charge in [-0.05, 0) is 49.3 Å². The van der Waals surface area contributed by atoms with E-state index in [1.165, 1.54) is 0 Å². The highest BCUT2D eigenvalue weighted by molar-refractivity contribution is 5.72. The van der Waals surface area contributed by atoms with Gasteiger partial charge in [0.05, 0.1) is 5.52 Å². The van der Waals surface area contributed by atoms with Gasteiger partial charge in [-0.25, -0.2) is 4.79 Å². The van der Waals surface area contributed by atoms with E-state index in [4.69, 9.17) is 15.9 Å². The SMILES string of the molecule is NC1CCC(C(N)c2ccc3oc(=O)[nH]c3c2)CC1. The number of rotatable bonds is 2. The summed E-state index contributed by atoms with van der Waals surface area (Å²) >= 11 is 0. The van der Waals surface area contributed by atoms with Crippen molar-refractivity contribution in [3.05, 3.63) is 34.3 Å². The zero-order chi connectivity index (χ0) is 13.4. The molecular weight excluding hydrogens is 242 g/mol. The number of benzene rings is 1. The molecule has 1 aliphatic carbocycles. The van der Waals surface area contributed by atoms with Gasteiger partial charge >= 0.3 is 5.76 Å². The Bertz CT molecular complexity index is 623. The van der Waals surface area contributed by atoms with Crippen LogP contribution in [0.1, 0.15) is 37.3 Å². The van der Waals surface area contributed by atoms with E-state index in [1.54, 1.807) is 6.07 Å². The van der Waals surface area contributed by atoms with Crippen LogP contribution in [0.4, 0.5) is 0 Å². The van der Waals surface area contributed by atoms with Gasteiger partial charge in [-0.3, -0.25) is 4.98 Å². The highest BCUT2D eigenvalue weighted by Gasteiger charge is 2.25. The first-order chi connectivity index (χ1) is 9.13. The molecule has 1 heterocycles. The van der Waals surface area contributed by atoms with Gasteiger partial charge in [0, 0.05) is 12.1 Å². The Morgan fingerprint density at radius 2 is 2.00 bits per heavy atom. The molecule has 5 N–H and O–H groups in total. The van der Waals surface area contributed by atoms with Crippen LogP contribution in [0, 0.1) is 5.92 Å². The summed E-state index contributed by atoms with van der Waals surface area (Å²) in [4.78, 5) is 13.8. The standard InChI is InChI=1S/C14H19N3O2/c15-10-4-1-8(2-5-10)13(16)9-3-6-12-11(7-9)17-14(18)19-12/h3,6-8,10,13H,1-2,4-5,15-16H2,(H,17,18). The Morgan fingerprint density at radius 3 is 2.74 bits per heavy atom. The predicted octanol–water partition coefficient (Wildman–Crippen LogP) is 1.64. The molecule has 1 unspecified atom stereocenters. The fourth-order valence-corrected chi connectivity index (χ4v) is 2.95. The normalized spacial score (nSPS) is 25.6. The van der Waals surface area contributed by atoms with Crippen molar-refractivity contribution in [3.8, 4) is 0 Å². The number of hydrogen-bond donors (Lipinski definition) is 3. The molecule has 0 saturated heterocycles. The van der Waals surface area contributed by atoms with Crippen LogP contribution in [0.2, 0.25) is 0 Å². The van der Waals surface area contributed by atoms with E-state index in [0.29, 0.717) is 23.1 Å². The third-order valence-electron chi connectivity index (χ3n) is 4.15. The summed E-state index contributed by atoms with van der Waals surface area (Å²) in [6, 6.07) is 5.99. The van der Waals surface area contributed by atoms with E-state index < -0.39 is 5.76 Å². The zero-order valence-corrected chi connectivity index (χ0v) is 10.8. The van der Waals surface area contributed by atoms with Crippen LogP contribution in [0.3, 0.4) is 0 Å². The summed E-state index contributed by atoms with van der Waals surface area (Å²) in [6.07, 6.45) is 4.23. The van der Waals surface area contributed by atoms with Crippen LogP contribution >= 0.6 is 0 Å². The van der Waals surface area contributed by atoms with Crippen LogP contribution in [0.15, 0.2) is 27.4 Å². The largest absolute Gasteiger partial charge is 0.417 e. The Hall–Kier alpha value is -1.59. The minimum absolute atomic E-state index is 0.00435. The lowest BCUT2D eigenvalue weighted by atomic mass is 9.80. The Kier molecular flexibility index (Phi) is 3.16. The van der Waals surface area contributed by atoms with Crippen molar-refractivity contribution in [2.45, 2.75) is 37.8 Å². The Labute approximate surface area is 111 Å². The summed E-state index contributed by atoms with van der Waals surface area (Å²) in [5.41, 5.74) is 14.6. The van der Waals surface area contributed by atoms with Gasteiger partial charge in [-0.1, -0.05) is 6.07 Å². The van der Waals surface area contributed by atoms with Crippen molar-refractivity contribution >= 4 is 11.1 Å². The second kappa shape index (κ2) is 4.83. The summed E-state index contributed by atoms with van der Waals surface area (Å²) in [5, 5.41) is 0. The van der Waals surface area contributed by atoms with Crippen molar-refractivity contribution in [2.75, 3.05) is 0 Å². The van der Waals surface area contributed by atoms with Crippen LogP contribution in [0.5, 0.6) is 0 Å². The van der Waals surface area contributed by atoms with Gasteiger partial charge < -0.3 is 15.9 Å². The van der Waals surface area contributed by atoms with Crippen LogP contribution in [0.25, 0.3) is 11.1 Å². The Morgan fingerprint density at radius 1 is 1.26 bits per heavy atom. The number of hydrogen-bond acceptors (Lipinski definition) is 4. The van der Waals surface area contributed by atoms with Crippen molar-refractivity contribution < 1.29 is 4.42 Å². The third-order valence-corrected chi connectivity index (χ3v) is 4.15. The number of fused-ring (bicyclic) bond motifs is 1. The van der Waals surface area contributed by atoms with Crippen LogP contribution in [-0.2, 0) is 0 Å². The molecule has 19 heavy (non-hydrogen) atoms. The zero-order valence-electron chi connectivity index (χ0n) is 10.8. The molecule has 0 radical (unpaired) electrons. The average Bonchev–Trinajstić information content (AvgIpc) is 2.77. The number of aromatic nitrogens is 1. The molecule has 1 aromatic carbocycles. The van der Waals surface area contributed by atoms with E-state index in [2.05, 4.69) is 4.98 Å². The summed E-state index contributed by atoms with van der Waals surface area (Å²) in [6.45, 7) is 0. The van der Waals surface area contributed by atoms with E-state index in [0.717, 1.165) is 31.2 Å². The van der Waals surface area contributed by atoms with Gasteiger partial charge in [0.25, 0.3) is 0 Å². The van der Waals surface area contributed by atoms with Gasteiger partial charge in [0.1, 0.15) is 0 Å². The lowest BCUT2D eigenvalue weighted by Crippen LogP contribution is -2.31. The number of oxazole rings is 1. The maximum Gasteiger partial charge on any atom is 0.417 e. The molecule has 5 heteroatoms. The predicted molar refractivity (Wildman–Crippen MR) is 73.7 cm³/mol. The third kappa shape index (κ3) is 2.43. The molecular formula is C14H19N3O2. The second-order valence-electron chi connectivity index (χ2n) is 5.47. The molecule has 1 saturated carbocycles. The first-order valence-electron chi connectivity index (χ1n) is 6.77. The summed E-state index contributed by atoms with van der Waals surface area (Å²) in [7, 11) is 0. The fraction of sp³-hybridized carbons (Fsp3) is 0.500. The molecule has 2 aromatic rings. The maximum atomic E-state index is 11.1. The molecule has 0 aliphatic heterocycles. The van der Waals surface area contributed by atoms with Gasteiger partial charge in [-0.15, -0.1) is 0 Å². The number of nitrogens with two attached hydrogens (primary N) is 2. The topological polar surface area (TPSA) is 98.0 Å². The van der Waals surface area contributed by atoms with Crippen LogP contribution < -0.4 is 17.2 Å². The first kappa shape index (κ1) is 12.4. The average molecular weight is 261 g/mol. The minimum Gasteiger partial charge on any atom is -0.408 e.